The Balaban J connectivity index is 2.08. The highest BCUT2D eigenvalue weighted by atomic mass is 35.5. The second kappa shape index (κ2) is 6.76. The predicted octanol–water partition coefficient (Wildman–Crippen LogP) is 4.29. The molecule has 1 aromatic heterocycles. The van der Waals surface area contributed by atoms with E-state index in [1.54, 1.807) is 0 Å². The summed E-state index contributed by atoms with van der Waals surface area (Å²) in [6.07, 6.45) is 5.85. The van der Waals surface area contributed by atoms with Crippen molar-refractivity contribution in [1.82, 2.24) is 9.97 Å². The van der Waals surface area contributed by atoms with Crippen LogP contribution in [-0.2, 0) is 18.6 Å². The Hall–Kier alpha value is -0.280. The van der Waals surface area contributed by atoms with Crippen molar-refractivity contribution < 1.29 is 0 Å². The van der Waals surface area contributed by atoms with Crippen molar-refractivity contribution in [2.45, 2.75) is 51.7 Å². The number of halogens is 1. The van der Waals surface area contributed by atoms with Crippen molar-refractivity contribution in [1.29, 1.82) is 0 Å². The number of fused-ring (bicyclic) bond motifs is 1. The Morgan fingerprint density at radius 1 is 1.17 bits per heavy atom. The van der Waals surface area contributed by atoms with E-state index in [0.29, 0.717) is 11.1 Å². The molecule has 1 aliphatic carbocycles. The molecule has 0 amide bonds. The van der Waals surface area contributed by atoms with Crippen molar-refractivity contribution in [3.8, 4) is 0 Å². The zero-order valence-corrected chi connectivity index (χ0v) is 12.8. The quantitative estimate of drug-likeness (QED) is 0.609. The molecule has 2 nitrogen and oxygen atoms in total. The first-order valence-corrected chi connectivity index (χ1v) is 8.32. The highest BCUT2D eigenvalue weighted by Crippen LogP contribution is 2.25. The molecule has 100 valence electrons. The molecule has 0 atom stereocenters. The first-order chi connectivity index (χ1) is 8.66. The van der Waals surface area contributed by atoms with Crippen molar-refractivity contribution in [3.05, 3.63) is 22.2 Å². The van der Waals surface area contributed by atoms with Gasteiger partial charge < -0.3 is 0 Å². The Bertz CT molecular complexity index is 407. The minimum absolute atomic E-state index is 0.696. The molecule has 18 heavy (non-hydrogen) atoms. The molecule has 4 heteroatoms. The van der Waals surface area contributed by atoms with Gasteiger partial charge in [-0.2, -0.15) is 11.8 Å². The van der Waals surface area contributed by atoms with Crippen LogP contribution in [-0.4, -0.2) is 15.7 Å². The van der Waals surface area contributed by atoms with Crippen LogP contribution in [0.5, 0.6) is 0 Å². The number of aryl methyl sites for hydroxylation is 1. The van der Waals surface area contributed by atoms with Crippen LogP contribution in [0.15, 0.2) is 0 Å². The summed E-state index contributed by atoms with van der Waals surface area (Å²) in [6.45, 7) is 4.47. The average molecular weight is 285 g/mol. The van der Waals surface area contributed by atoms with Gasteiger partial charge in [0.15, 0.2) is 0 Å². The molecule has 1 aromatic rings. The molecule has 0 fully saturated rings. The van der Waals surface area contributed by atoms with Gasteiger partial charge in [-0.05, 0) is 37.4 Å². The third-order valence-electron chi connectivity index (χ3n) is 3.11. The Morgan fingerprint density at radius 2 is 1.94 bits per heavy atom. The predicted molar refractivity (Wildman–Crippen MR) is 79.3 cm³/mol. The first-order valence-electron chi connectivity index (χ1n) is 6.78. The first kappa shape index (κ1) is 14.1. The minimum Gasteiger partial charge on any atom is -0.237 e. The van der Waals surface area contributed by atoms with Crippen LogP contribution < -0.4 is 0 Å². The van der Waals surface area contributed by atoms with Gasteiger partial charge in [0.2, 0.25) is 0 Å². The van der Waals surface area contributed by atoms with E-state index in [1.807, 2.05) is 11.8 Å². The molecule has 0 spiro atoms. The van der Waals surface area contributed by atoms with Gasteiger partial charge in [0.05, 0.1) is 5.75 Å². The number of hydrogen-bond donors (Lipinski definition) is 0. The molecule has 0 radical (unpaired) electrons. The molecular formula is C14H21ClN2S. The fourth-order valence-corrected chi connectivity index (χ4v) is 3.43. The highest BCUT2D eigenvalue weighted by molar-refractivity contribution is 7.98. The summed E-state index contributed by atoms with van der Waals surface area (Å²) in [4.78, 5) is 9.17. The zero-order chi connectivity index (χ0) is 13.0. The molecule has 0 aliphatic heterocycles. The van der Waals surface area contributed by atoms with Gasteiger partial charge in [-0.1, -0.05) is 31.9 Å². The van der Waals surface area contributed by atoms with Gasteiger partial charge in [-0.3, -0.25) is 0 Å². The minimum atomic E-state index is 0.696. The highest BCUT2D eigenvalue weighted by Gasteiger charge is 2.15. The molecule has 0 saturated carbocycles. The number of thioether (sulfide) groups is 1. The standard InChI is InChI=1S/C14H21ClN2S/c1-10(2)8-18-9-13-16-12-7-5-3-4-6-11(12)14(15)17-13/h10H,3-9H2,1-2H3. The Kier molecular flexibility index (Phi) is 5.31. The summed E-state index contributed by atoms with van der Waals surface area (Å²) in [5.74, 6) is 3.65. The van der Waals surface area contributed by atoms with E-state index in [4.69, 9.17) is 16.6 Å². The van der Waals surface area contributed by atoms with Crippen molar-refractivity contribution in [3.63, 3.8) is 0 Å². The van der Waals surface area contributed by atoms with E-state index in [0.717, 1.165) is 30.2 Å². The van der Waals surface area contributed by atoms with E-state index < -0.39 is 0 Å². The number of rotatable bonds is 4. The largest absolute Gasteiger partial charge is 0.237 e. The van der Waals surface area contributed by atoms with Gasteiger partial charge in [-0.15, -0.1) is 0 Å². The van der Waals surface area contributed by atoms with Crippen LogP contribution >= 0.6 is 23.4 Å². The fourth-order valence-electron chi connectivity index (χ4n) is 2.22. The third kappa shape index (κ3) is 3.86. The summed E-state index contributed by atoms with van der Waals surface area (Å²) >= 11 is 8.20. The molecule has 0 bridgehead atoms. The summed E-state index contributed by atoms with van der Waals surface area (Å²) in [7, 11) is 0. The molecule has 0 aromatic carbocycles. The van der Waals surface area contributed by atoms with Gasteiger partial charge >= 0.3 is 0 Å². The maximum atomic E-state index is 6.30. The lowest BCUT2D eigenvalue weighted by Crippen LogP contribution is -2.04. The van der Waals surface area contributed by atoms with Crippen LogP contribution in [0.4, 0.5) is 0 Å². The van der Waals surface area contributed by atoms with Crippen molar-refractivity contribution >= 4 is 23.4 Å². The molecular weight excluding hydrogens is 264 g/mol. The molecule has 1 heterocycles. The van der Waals surface area contributed by atoms with Crippen LogP contribution in [0.2, 0.25) is 5.15 Å². The van der Waals surface area contributed by atoms with E-state index >= 15 is 0 Å². The van der Waals surface area contributed by atoms with E-state index in [2.05, 4.69) is 18.8 Å². The number of aromatic nitrogens is 2. The van der Waals surface area contributed by atoms with E-state index in [1.165, 1.54) is 30.5 Å². The molecule has 1 aliphatic rings. The van der Waals surface area contributed by atoms with Gasteiger partial charge in [0.1, 0.15) is 11.0 Å². The normalized spacial score (nSPS) is 15.6. The van der Waals surface area contributed by atoms with Crippen LogP contribution in [0.3, 0.4) is 0 Å². The van der Waals surface area contributed by atoms with Gasteiger partial charge in [-0.25, -0.2) is 9.97 Å². The molecule has 0 N–H and O–H groups in total. The summed E-state index contributed by atoms with van der Waals surface area (Å²) in [5.41, 5.74) is 2.40. The summed E-state index contributed by atoms with van der Waals surface area (Å²) < 4.78 is 0. The SMILES string of the molecule is CC(C)CSCc1nc(Cl)c2c(n1)CCCCC2. The van der Waals surface area contributed by atoms with Crippen LogP contribution in [0.25, 0.3) is 0 Å². The lowest BCUT2D eigenvalue weighted by molar-refractivity contribution is 0.708. The zero-order valence-electron chi connectivity index (χ0n) is 11.2. The monoisotopic (exact) mass is 284 g/mol. The fraction of sp³-hybridized carbons (Fsp3) is 0.714. The van der Waals surface area contributed by atoms with Crippen molar-refractivity contribution in [2.24, 2.45) is 5.92 Å². The average Bonchev–Trinajstić information content (AvgIpc) is 2.54. The molecule has 0 unspecified atom stereocenters. The topological polar surface area (TPSA) is 25.8 Å². The smallest absolute Gasteiger partial charge is 0.140 e. The van der Waals surface area contributed by atoms with Crippen LogP contribution in [0, 0.1) is 5.92 Å². The second-order valence-corrected chi connectivity index (χ2v) is 6.71. The maximum Gasteiger partial charge on any atom is 0.140 e. The number of nitrogens with zero attached hydrogens (tertiary/aromatic N) is 2. The van der Waals surface area contributed by atoms with E-state index in [-0.39, 0.29) is 0 Å². The lowest BCUT2D eigenvalue weighted by atomic mass is 10.1. The molecule has 0 saturated heterocycles. The van der Waals surface area contributed by atoms with Gasteiger partial charge in [0, 0.05) is 11.3 Å². The van der Waals surface area contributed by atoms with E-state index in [9.17, 15) is 0 Å². The number of hydrogen-bond acceptors (Lipinski definition) is 3. The van der Waals surface area contributed by atoms with Gasteiger partial charge in [0.25, 0.3) is 0 Å². The molecule has 2 rings (SSSR count). The third-order valence-corrected chi connectivity index (χ3v) is 4.79. The second-order valence-electron chi connectivity index (χ2n) is 5.33. The Labute approximate surface area is 119 Å². The van der Waals surface area contributed by atoms with Crippen LogP contribution in [0.1, 0.15) is 50.2 Å². The van der Waals surface area contributed by atoms with Crippen molar-refractivity contribution in [2.75, 3.05) is 5.75 Å². The maximum absolute atomic E-state index is 6.30. The lowest BCUT2D eigenvalue weighted by Gasteiger charge is -2.10. The Morgan fingerprint density at radius 3 is 2.72 bits per heavy atom. The summed E-state index contributed by atoms with van der Waals surface area (Å²) in [6, 6.07) is 0. The summed E-state index contributed by atoms with van der Waals surface area (Å²) in [5, 5.41) is 0.696.